The highest BCUT2D eigenvalue weighted by Crippen LogP contribution is 2.26. The minimum atomic E-state index is -0.113. The van der Waals surface area contributed by atoms with Gasteiger partial charge in [-0.2, -0.15) is 0 Å². The number of hydrogen-bond acceptors (Lipinski definition) is 3. The van der Waals surface area contributed by atoms with Gasteiger partial charge in [0.1, 0.15) is 6.61 Å². The molecule has 0 spiro atoms. The Hall–Kier alpha value is -2.39. The van der Waals surface area contributed by atoms with E-state index in [4.69, 9.17) is 9.47 Å². The van der Waals surface area contributed by atoms with Gasteiger partial charge in [0.2, 0.25) is 0 Å². The maximum Gasteiger partial charge on any atom is 0.305 e. The van der Waals surface area contributed by atoms with E-state index in [2.05, 4.69) is 54.6 Å². The quantitative estimate of drug-likeness (QED) is 0.522. The van der Waals surface area contributed by atoms with Crippen LogP contribution in [0.2, 0.25) is 0 Å². The van der Waals surface area contributed by atoms with Crippen LogP contribution in [0.5, 0.6) is 0 Å². The van der Waals surface area contributed by atoms with Crippen molar-refractivity contribution in [2.24, 2.45) is 0 Å². The van der Waals surface area contributed by atoms with Crippen LogP contribution in [-0.2, 0) is 20.9 Å². The molecule has 0 radical (unpaired) electrons. The highest BCUT2D eigenvalue weighted by Gasteiger charge is 2.18. The van der Waals surface area contributed by atoms with E-state index < -0.39 is 0 Å². The first-order valence-corrected chi connectivity index (χ1v) is 8.47. The van der Waals surface area contributed by atoms with Crippen LogP contribution in [0.3, 0.4) is 0 Å². The zero-order chi connectivity index (χ0) is 16.4. The molecule has 0 saturated carbocycles. The number of ether oxygens (including phenoxy) is 2. The van der Waals surface area contributed by atoms with Crippen LogP contribution < -0.4 is 0 Å². The van der Waals surface area contributed by atoms with Gasteiger partial charge >= 0.3 is 5.97 Å². The van der Waals surface area contributed by atoms with Crippen molar-refractivity contribution in [2.75, 3.05) is 6.61 Å². The van der Waals surface area contributed by atoms with Crippen molar-refractivity contribution in [1.29, 1.82) is 0 Å². The van der Waals surface area contributed by atoms with Gasteiger partial charge in [-0.3, -0.25) is 4.79 Å². The topological polar surface area (TPSA) is 35.5 Å². The summed E-state index contributed by atoms with van der Waals surface area (Å²) in [6.07, 6.45) is 2.20. The zero-order valence-electron chi connectivity index (χ0n) is 13.5. The molecule has 3 aromatic carbocycles. The molecule has 0 N–H and O–H groups in total. The third-order valence-corrected chi connectivity index (χ3v) is 4.65. The summed E-state index contributed by atoms with van der Waals surface area (Å²) >= 11 is 0. The molecule has 1 unspecified atom stereocenters. The molecule has 4 rings (SSSR count). The van der Waals surface area contributed by atoms with Gasteiger partial charge in [0, 0.05) is 6.42 Å². The number of carbonyl (C=O) groups excluding carboxylic acids is 1. The normalized spacial score (nSPS) is 18.5. The average molecular weight is 320 g/mol. The van der Waals surface area contributed by atoms with Gasteiger partial charge < -0.3 is 9.47 Å². The Morgan fingerprint density at radius 1 is 1.00 bits per heavy atom. The van der Waals surface area contributed by atoms with Gasteiger partial charge in [-0.05, 0) is 52.1 Å². The van der Waals surface area contributed by atoms with Gasteiger partial charge in [-0.15, -0.1) is 0 Å². The highest BCUT2D eigenvalue weighted by atomic mass is 16.6. The molecule has 1 aliphatic rings. The molecule has 0 aromatic heterocycles. The monoisotopic (exact) mass is 320 g/mol. The van der Waals surface area contributed by atoms with Crippen molar-refractivity contribution >= 4 is 27.5 Å². The summed E-state index contributed by atoms with van der Waals surface area (Å²) in [6, 6.07) is 19.2. The van der Waals surface area contributed by atoms with E-state index in [1.165, 1.54) is 27.1 Å². The molecule has 1 atom stereocenters. The molecule has 122 valence electrons. The fourth-order valence-corrected chi connectivity index (χ4v) is 3.31. The molecule has 0 amide bonds. The first-order valence-electron chi connectivity index (χ1n) is 8.47. The largest absolute Gasteiger partial charge is 0.463 e. The van der Waals surface area contributed by atoms with Crippen LogP contribution >= 0.6 is 0 Å². The van der Waals surface area contributed by atoms with Crippen molar-refractivity contribution in [1.82, 2.24) is 0 Å². The fraction of sp³-hybridized carbons (Fsp3) is 0.286. The van der Waals surface area contributed by atoms with Crippen LogP contribution in [0.15, 0.2) is 54.6 Å². The van der Waals surface area contributed by atoms with E-state index in [1.54, 1.807) is 0 Å². The van der Waals surface area contributed by atoms with Crippen LogP contribution in [0.4, 0.5) is 0 Å². The lowest BCUT2D eigenvalue weighted by atomic mass is 10.00. The maximum absolute atomic E-state index is 11.3. The van der Waals surface area contributed by atoms with Gasteiger partial charge in [0.25, 0.3) is 0 Å². The Labute approximate surface area is 141 Å². The molecule has 3 aromatic rings. The summed E-state index contributed by atoms with van der Waals surface area (Å²) in [7, 11) is 0. The molecular weight excluding hydrogens is 300 g/mol. The van der Waals surface area contributed by atoms with E-state index in [9.17, 15) is 4.79 Å². The minimum Gasteiger partial charge on any atom is -0.463 e. The van der Waals surface area contributed by atoms with Crippen molar-refractivity contribution < 1.29 is 14.3 Å². The van der Waals surface area contributed by atoms with Gasteiger partial charge in [0.15, 0.2) is 0 Å². The van der Waals surface area contributed by atoms with E-state index in [0.717, 1.165) is 12.8 Å². The van der Waals surface area contributed by atoms with Crippen LogP contribution in [-0.4, -0.2) is 18.7 Å². The second-order valence-electron chi connectivity index (χ2n) is 6.35. The third-order valence-electron chi connectivity index (χ3n) is 4.65. The lowest BCUT2D eigenvalue weighted by molar-refractivity contribution is -0.145. The number of rotatable bonds is 3. The van der Waals surface area contributed by atoms with Gasteiger partial charge in [-0.25, -0.2) is 0 Å². The number of fused-ring (bicyclic) bond motifs is 2. The van der Waals surface area contributed by atoms with E-state index >= 15 is 0 Å². The molecule has 24 heavy (non-hydrogen) atoms. The fourth-order valence-electron chi connectivity index (χ4n) is 3.31. The van der Waals surface area contributed by atoms with Gasteiger partial charge in [-0.1, -0.05) is 42.5 Å². The van der Waals surface area contributed by atoms with E-state index in [1.807, 2.05) is 0 Å². The van der Waals surface area contributed by atoms with Crippen LogP contribution in [0.1, 0.15) is 24.8 Å². The molecule has 3 nitrogen and oxygen atoms in total. The SMILES string of the molecule is O=C1CCCC(OCc2cccc3cc4ccccc4cc23)CO1. The van der Waals surface area contributed by atoms with Crippen molar-refractivity contribution in [3.8, 4) is 0 Å². The predicted octanol–water partition coefficient (Wildman–Crippen LogP) is 4.61. The number of hydrogen-bond donors (Lipinski definition) is 0. The first-order chi connectivity index (χ1) is 11.8. The second kappa shape index (κ2) is 6.62. The minimum absolute atomic E-state index is 0.00726. The molecule has 1 fully saturated rings. The first kappa shape index (κ1) is 15.2. The Bertz CT molecular complexity index is 885. The summed E-state index contributed by atoms with van der Waals surface area (Å²) in [5.41, 5.74) is 1.17. The standard InChI is InChI=1S/C21H20O3/c22-21-10-4-9-19(14-24-21)23-13-18-8-3-7-17-11-15-5-1-2-6-16(15)12-20(17)18/h1-3,5-8,11-12,19H,4,9-10,13-14H2. The van der Waals surface area contributed by atoms with Crippen molar-refractivity contribution in [2.45, 2.75) is 32.0 Å². The summed E-state index contributed by atoms with van der Waals surface area (Å²) in [6.45, 7) is 0.907. The van der Waals surface area contributed by atoms with E-state index in [0.29, 0.717) is 19.6 Å². The maximum atomic E-state index is 11.3. The van der Waals surface area contributed by atoms with Crippen molar-refractivity contribution in [3.05, 3.63) is 60.2 Å². The highest BCUT2D eigenvalue weighted by molar-refractivity contribution is 5.99. The van der Waals surface area contributed by atoms with Crippen LogP contribution in [0.25, 0.3) is 21.5 Å². The number of benzene rings is 3. The summed E-state index contributed by atoms with van der Waals surface area (Å²) in [4.78, 5) is 11.3. The number of esters is 1. The van der Waals surface area contributed by atoms with Gasteiger partial charge in [0.05, 0.1) is 12.7 Å². The lowest BCUT2D eigenvalue weighted by Gasteiger charge is -2.16. The summed E-state index contributed by atoms with van der Waals surface area (Å²) in [5.74, 6) is -0.113. The predicted molar refractivity (Wildman–Crippen MR) is 94.8 cm³/mol. The Kier molecular flexibility index (Phi) is 4.18. The number of carbonyl (C=O) groups is 1. The summed E-state index contributed by atoms with van der Waals surface area (Å²) in [5, 5.41) is 4.93. The van der Waals surface area contributed by atoms with Crippen molar-refractivity contribution in [3.63, 3.8) is 0 Å². The molecule has 1 heterocycles. The van der Waals surface area contributed by atoms with E-state index in [-0.39, 0.29) is 12.1 Å². The Morgan fingerprint density at radius 2 is 1.79 bits per heavy atom. The molecule has 0 aliphatic carbocycles. The summed E-state index contributed by atoms with van der Waals surface area (Å²) < 4.78 is 11.2. The molecule has 1 saturated heterocycles. The molecule has 1 aliphatic heterocycles. The number of cyclic esters (lactones) is 1. The molecule has 0 bridgehead atoms. The molecule has 3 heteroatoms. The zero-order valence-corrected chi connectivity index (χ0v) is 13.5. The Balaban J connectivity index is 1.59. The second-order valence-corrected chi connectivity index (χ2v) is 6.35. The molecular formula is C21H20O3. The van der Waals surface area contributed by atoms with Crippen LogP contribution in [0, 0.1) is 0 Å². The Morgan fingerprint density at radius 3 is 2.67 bits per heavy atom. The average Bonchev–Trinajstić information content (AvgIpc) is 2.82. The smallest absolute Gasteiger partial charge is 0.305 e. The third kappa shape index (κ3) is 3.13. The lowest BCUT2D eigenvalue weighted by Crippen LogP contribution is -2.18.